The van der Waals surface area contributed by atoms with Crippen molar-refractivity contribution in [3.05, 3.63) is 65.2 Å². The molecule has 0 heterocycles. The van der Waals surface area contributed by atoms with Gasteiger partial charge in [-0.05, 0) is 44.0 Å². The number of nitrogens with one attached hydrogen (secondary N) is 1. The molecule has 0 aliphatic heterocycles. The van der Waals surface area contributed by atoms with E-state index < -0.39 is 5.54 Å². The lowest BCUT2D eigenvalue weighted by molar-refractivity contribution is -0.120. The van der Waals surface area contributed by atoms with Gasteiger partial charge in [-0.1, -0.05) is 42.0 Å². The lowest BCUT2D eigenvalue weighted by Crippen LogP contribution is -2.45. The van der Waals surface area contributed by atoms with Crippen LogP contribution in [0.5, 0.6) is 5.75 Å². The number of halogens is 1. The molecule has 1 amide bonds. The van der Waals surface area contributed by atoms with E-state index in [2.05, 4.69) is 24.4 Å². The molecule has 0 saturated carbocycles. The highest BCUT2D eigenvalue weighted by atomic mass is 35.5. The zero-order chi connectivity index (χ0) is 17.6. The van der Waals surface area contributed by atoms with Gasteiger partial charge in [0, 0.05) is 12.1 Å². The third-order valence-electron chi connectivity index (χ3n) is 3.49. The largest absolute Gasteiger partial charge is 0.489 e. The minimum Gasteiger partial charge on any atom is -0.489 e. The first-order valence-corrected chi connectivity index (χ1v) is 8.15. The van der Waals surface area contributed by atoms with E-state index in [1.807, 2.05) is 50.2 Å². The fourth-order valence-corrected chi connectivity index (χ4v) is 2.29. The molecular formula is C20H27ClN2O2. The predicted octanol–water partition coefficient (Wildman–Crippen LogP) is 3.39. The van der Waals surface area contributed by atoms with Crippen molar-refractivity contribution in [2.45, 2.75) is 39.3 Å². The maximum Gasteiger partial charge on any atom is 0.224 e. The van der Waals surface area contributed by atoms with Crippen molar-refractivity contribution in [2.24, 2.45) is 5.73 Å². The molecule has 0 unspecified atom stereocenters. The second-order valence-electron chi connectivity index (χ2n) is 6.87. The van der Waals surface area contributed by atoms with Crippen LogP contribution in [0, 0.1) is 6.92 Å². The summed E-state index contributed by atoms with van der Waals surface area (Å²) in [5, 5.41) is 2.85. The molecule has 2 aromatic carbocycles. The van der Waals surface area contributed by atoms with E-state index >= 15 is 0 Å². The first kappa shape index (κ1) is 21.0. The number of nitrogens with two attached hydrogens (primary N) is 1. The molecule has 0 spiro atoms. The van der Waals surface area contributed by atoms with Crippen molar-refractivity contribution < 1.29 is 9.53 Å². The van der Waals surface area contributed by atoms with Crippen LogP contribution in [-0.4, -0.2) is 18.0 Å². The topological polar surface area (TPSA) is 64.3 Å². The summed E-state index contributed by atoms with van der Waals surface area (Å²) in [5.41, 5.74) is 8.72. The predicted molar refractivity (Wildman–Crippen MR) is 104 cm³/mol. The average Bonchev–Trinajstić information content (AvgIpc) is 2.51. The Kier molecular flexibility index (Phi) is 7.94. The molecule has 25 heavy (non-hydrogen) atoms. The average molecular weight is 363 g/mol. The van der Waals surface area contributed by atoms with E-state index in [1.165, 1.54) is 5.56 Å². The van der Waals surface area contributed by atoms with Crippen LogP contribution in [-0.2, 0) is 17.8 Å². The van der Waals surface area contributed by atoms with E-state index in [4.69, 9.17) is 10.5 Å². The van der Waals surface area contributed by atoms with Crippen LogP contribution in [0.2, 0.25) is 0 Å². The first-order valence-electron chi connectivity index (χ1n) is 8.15. The normalized spacial score (nSPS) is 10.7. The van der Waals surface area contributed by atoms with Crippen molar-refractivity contribution in [1.29, 1.82) is 0 Å². The van der Waals surface area contributed by atoms with Crippen molar-refractivity contribution in [1.82, 2.24) is 5.32 Å². The van der Waals surface area contributed by atoms with Crippen LogP contribution in [0.15, 0.2) is 48.5 Å². The van der Waals surface area contributed by atoms with Gasteiger partial charge in [-0.3, -0.25) is 4.79 Å². The molecule has 3 N–H and O–H groups in total. The molecule has 2 rings (SSSR count). The number of benzene rings is 2. The standard InChI is InChI=1S/C20H26N2O2.ClH/c1-15-6-4-8-17(10-15)13-24-18-9-5-7-16(11-18)12-19(23)22-14-20(2,3)21;/h4-11H,12-14,21H2,1-3H3,(H,22,23);1H. The number of carbonyl (C=O) groups is 1. The highest BCUT2D eigenvalue weighted by molar-refractivity contribution is 5.85. The number of hydrogen-bond acceptors (Lipinski definition) is 3. The molecule has 0 fully saturated rings. The summed E-state index contributed by atoms with van der Waals surface area (Å²) in [5.74, 6) is 0.727. The van der Waals surface area contributed by atoms with Gasteiger partial charge in [0.25, 0.3) is 0 Å². The zero-order valence-electron chi connectivity index (χ0n) is 15.0. The van der Waals surface area contributed by atoms with Gasteiger partial charge in [0.15, 0.2) is 0 Å². The summed E-state index contributed by atoms with van der Waals surface area (Å²) in [6.45, 7) is 6.79. The Bertz CT molecular complexity index is 696. The van der Waals surface area contributed by atoms with E-state index in [0.717, 1.165) is 16.9 Å². The van der Waals surface area contributed by atoms with Crippen LogP contribution >= 0.6 is 12.4 Å². The minimum atomic E-state index is -0.408. The number of hydrogen-bond donors (Lipinski definition) is 2. The molecule has 5 heteroatoms. The Balaban J connectivity index is 0.00000312. The van der Waals surface area contributed by atoms with Gasteiger partial charge in [0.2, 0.25) is 5.91 Å². The van der Waals surface area contributed by atoms with Gasteiger partial charge in [-0.25, -0.2) is 0 Å². The molecular weight excluding hydrogens is 336 g/mol. The van der Waals surface area contributed by atoms with Crippen molar-refractivity contribution >= 4 is 18.3 Å². The van der Waals surface area contributed by atoms with E-state index in [-0.39, 0.29) is 18.3 Å². The molecule has 136 valence electrons. The maximum absolute atomic E-state index is 12.0. The molecule has 0 aromatic heterocycles. The summed E-state index contributed by atoms with van der Waals surface area (Å²) in [6, 6.07) is 15.9. The number of amides is 1. The third kappa shape index (κ3) is 8.05. The van der Waals surface area contributed by atoms with Gasteiger partial charge >= 0.3 is 0 Å². The van der Waals surface area contributed by atoms with E-state index in [1.54, 1.807) is 0 Å². The Morgan fingerprint density at radius 1 is 1.12 bits per heavy atom. The van der Waals surface area contributed by atoms with Crippen molar-refractivity contribution in [3.8, 4) is 5.75 Å². The smallest absolute Gasteiger partial charge is 0.224 e. The Hall–Kier alpha value is -2.04. The molecule has 0 aliphatic rings. The van der Waals surface area contributed by atoms with Crippen molar-refractivity contribution in [3.63, 3.8) is 0 Å². The second kappa shape index (κ2) is 9.44. The number of aryl methyl sites for hydroxylation is 1. The van der Waals surface area contributed by atoms with Gasteiger partial charge in [-0.2, -0.15) is 0 Å². The summed E-state index contributed by atoms with van der Waals surface area (Å²) in [4.78, 5) is 12.0. The summed E-state index contributed by atoms with van der Waals surface area (Å²) in [6.07, 6.45) is 0.317. The minimum absolute atomic E-state index is 0. The Morgan fingerprint density at radius 3 is 2.48 bits per heavy atom. The van der Waals surface area contributed by atoms with Crippen LogP contribution in [0.25, 0.3) is 0 Å². The number of ether oxygens (including phenoxy) is 1. The maximum atomic E-state index is 12.0. The van der Waals surface area contributed by atoms with Crippen molar-refractivity contribution in [2.75, 3.05) is 6.54 Å². The molecule has 0 bridgehead atoms. The highest BCUT2D eigenvalue weighted by Gasteiger charge is 2.12. The quantitative estimate of drug-likeness (QED) is 0.793. The summed E-state index contributed by atoms with van der Waals surface area (Å²) < 4.78 is 5.83. The highest BCUT2D eigenvalue weighted by Crippen LogP contribution is 2.16. The second-order valence-corrected chi connectivity index (χ2v) is 6.87. The van der Waals surface area contributed by atoms with E-state index in [0.29, 0.717) is 19.6 Å². The van der Waals surface area contributed by atoms with Crippen LogP contribution in [0.3, 0.4) is 0 Å². The number of carbonyl (C=O) groups excluding carboxylic acids is 1. The molecule has 0 aliphatic carbocycles. The fraction of sp³-hybridized carbons (Fsp3) is 0.350. The van der Waals surface area contributed by atoms with E-state index in [9.17, 15) is 4.79 Å². The SMILES string of the molecule is Cc1cccc(COc2cccc(CC(=O)NCC(C)(C)N)c2)c1.Cl. The Morgan fingerprint density at radius 2 is 1.80 bits per heavy atom. The molecule has 0 saturated heterocycles. The first-order chi connectivity index (χ1) is 11.3. The third-order valence-corrected chi connectivity index (χ3v) is 3.49. The summed E-state index contributed by atoms with van der Waals surface area (Å²) in [7, 11) is 0. The molecule has 0 atom stereocenters. The Labute approximate surface area is 156 Å². The molecule has 4 nitrogen and oxygen atoms in total. The number of rotatable bonds is 7. The summed E-state index contributed by atoms with van der Waals surface area (Å²) >= 11 is 0. The molecule has 2 aromatic rings. The van der Waals surface area contributed by atoms with Gasteiger partial charge < -0.3 is 15.8 Å². The molecule has 0 radical (unpaired) electrons. The lowest BCUT2D eigenvalue weighted by Gasteiger charge is -2.18. The lowest BCUT2D eigenvalue weighted by atomic mass is 10.1. The van der Waals surface area contributed by atoms with Crippen LogP contribution in [0.1, 0.15) is 30.5 Å². The van der Waals surface area contributed by atoms with Gasteiger partial charge in [-0.15, -0.1) is 12.4 Å². The zero-order valence-corrected chi connectivity index (χ0v) is 15.9. The van der Waals surface area contributed by atoms with Gasteiger partial charge in [0.1, 0.15) is 12.4 Å². The van der Waals surface area contributed by atoms with Crippen LogP contribution in [0.4, 0.5) is 0 Å². The fourth-order valence-electron chi connectivity index (χ4n) is 2.29. The van der Waals surface area contributed by atoms with Gasteiger partial charge in [0.05, 0.1) is 6.42 Å². The monoisotopic (exact) mass is 362 g/mol. The van der Waals surface area contributed by atoms with Crippen LogP contribution < -0.4 is 15.8 Å².